The molecule has 5 nitrogen and oxygen atoms in total. The Balaban J connectivity index is 2.09. The van der Waals surface area contributed by atoms with Crippen molar-refractivity contribution < 1.29 is 27.4 Å². The topological polar surface area (TPSA) is 55.5 Å². The van der Waals surface area contributed by atoms with Gasteiger partial charge in [0.2, 0.25) is 5.75 Å². The van der Waals surface area contributed by atoms with Gasteiger partial charge in [-0.3, -0.25) is 0 Å². The molecule has 0 saturated heterocycles. The Morgan fingerprint density at radius 3 is 2.18 bits per heavy atom. The number of para-hydroxylation sites is 1. The lowest BCUT2D eigenvalue weighted by Gasteiger charge is -2.24. The number of aromatic amines is 1. The number of hydrogen-bond donors (Lipinski definition) is 2. The molecule has 28 heavy (non-hydrogen) atoms. The van der Waals surface area contributed by atoms with E-state index in [9.17, 15) is 13.2 Å². The molecule has 150 valence electrons. The summed E-state index contributed by atoms with van der Waals surface area (Å²) in [5, 5.41) is 3.09. The smallest absolute Gasteiger partial charge is 0.412 e. The van der Waals surface area contributed by atoms with Gasteiger partial charge in [-0.15, -0.1) is 0 Å². The summed E-state index contributed by atoms with van der Waals surface area (Å²) >= 11 is 0. The monoisotopic (exact) mass is 394 g/mol. The van der Waals surface area contributed by atoms with E-state index < -0.39 is 12.2 Å². The number of fused-ring (bicyclic) bond motifs is 1. The highest BCUT2D eigenvalue weighted by Gasteiger charge is 2.42. The Hall–Kier alpha value is -3.03. The van der Waals surface area contributed by atoms with Crippen molar-refractivity contribution >= 4 is 16.6 Å². The van der Waals surface area contributed by atoms with Gasteiger partial charge in [0.15, 0.2) is 17.5 Å². The molecule has 0 saturated carbocycles. The molecule has 1 atom stereocenters. The molecule has 0 amide bonds. The molecule has 1 heterocycles. The third-order valence-corrected chi connectivity index (χ3v) is 4.57. The molecule has 2 N–H and O–H groups in total. The van der Waals surface area contributed by atoms with Crippen molar-refractivity contribution in [2.24, 2.45) is 0 Å². The maximum atomic E-state index is 13.9. The molecule has 0 spiro atoms. The summed E-state index contributed by atoms with van der Waals surface area (Å²) in [5.74, 6) is 0.835. The minimum Gasteiger partial charge on any atom is -0.493 e. The summed E-state index contributed by atoms with van der Waals surface area (Å²) in [7, 11) is 4.25. The van der Waals surface area contributed by atoms with Gasteiger partial charge in [-0.1, -0.05) is 18.2 Å². The van der Waals surface area contributed by atoms with Gasteiger partial charge in [-0.25, -0.2) is 0 Å². The fourth-order valence-corrected chi connectivity index (χ4v) is 3.23. The molecular weight excluding hydrogens is 373 g/mol. The lowest BCUT2D eigenvalue weighted by molar-refractivity contribution is -0.143. The molecule has 1 aromatic heterocycles. The van der Waals surface area contributed by atoms with Gasteiger partial charge in [-0.05, 0) is 12.5 Å². The van der Waals surface area contributed by atoms with Gasteiger partial charge in [0.1, 0.15) is 0 Å². The van der Waals surface area contributed by atoms with Crippen molar-refractivity contribution in [3.05, 3.63) is 47.7 Å². The maximum absolute atomic E-state index is 13.9. The van der Waals surface area contributed by atoms with Crippen molar-refractivity contribution in [1.82, 2.24) is 4.98 Å². The van der Waals surface area contributed by atoms with Gasteiger partial charge in [0, 0.05) is 40.5 Å². The van der Waals surface area contributed by atoms with E-state index in [0.717, 1.165) is 5.56 Å². The number of alkyl halides is 3. The number of hydrogen-bond acceptors (Lipinski definition) is 4. The zero-order valence-electron chi connectivity index (χ0n) is 15.9. The normalized spacial score (nSPS) is 12.7. The van der Waals surface area contributed by atoms with Crippen LogP contribution >= 0.6 is 0 Å². The van der Waals surface area contributed by atoms with Crippen LogP contribution in [0.3, 0.4) is 0 Å². The summed E-state index contributed by atoms with van der Waals surface area (Å²) in [6, 6.07) is 6.22. The third-order valence-electron chi connectivity index (χ3n) is 4.57. The largest absolute Gasteiger partial charge is 0.493 e. The first-order chi connectivity index (χ1) is 13.3. The van der Waals surface area contributed by atoms with Crippen molar-refractivity contribution in [2.75, 3.05) is 26.6 Å². The Morgan fingerprint density at radius 1 is 1.00 bits per heavy atom. The van der Waals surface area contributed by atoms with E-state index in [1.807, 2.05) is 13.0 Å². The second kappa shape index (κ2) is 7.53. The van der Waals surface area contributed by atoms with Gasteiger partial charge in [-0.2, -0.15) is 13.2 Å². The molecule has 3 rings (SSSR count). The maximum Gasteiger partial charge on any atom is 0.412 e. The fourth-order valence-electron chi connectivity index (χ4n) is 3.23. The second-order valence-corrected chi connectivity index (χ2v) is 6.27. The zero-order chi connectivity index (χ0) is 20.5. The van der Waals surface area contributed by atoms with E-state index in [2.05, 4.69) is 10.3 Å². The van der Waals surface area contributed by atoms with E-state index in [-0.39, 0.29) is 22.7 Å². The van der Waals surface area contributed by atoms with Crippen LogP contribution in [-0.2, 0) is 0 Å². The number of benzene rings is 2. The number of anilines is 1. The average Bonchev–Trinajstić information content (AvgIpc) is 3.09. The minimum absolute atomic E-state index is 0.111. The quantitative estimate of drug-likeness (QED) is 0.602. The highest BCUT2D eigenvalue weighted by Crippen LogP contribution is 2.43. The highest BCUT2D eigenvalue weighted by molar-refractivity contribution is 5.86. The highest BCUT2D eigenvalue weighted by atomic mass is 19.4. The van der Waals surface area contributed by atoms with Crippen LogP contribution in [0.2, 0.25) is 0 Å². The predicted molar refractivity (Wildman–Crippen MR) is 102 cm³/mol. The Morgan fingerprint density at radius 2 is 1.64 bits per heavy atom. The Bertz CT molecular complexity index is 957. The molecule has 0 bridgehead atoms. The Labute approximate surface area is 160 Å². The number of rotatable bonds is 6. The zero-order valence-corrected chi connectivity index (χ0v) is 15.9. The Kier molecular flexibility index (Phi) is 5.31. The summed E-state index contributed by atoms with van der Waals surface area (Å²) in [6.07, 6.45) is -3.14. The van der Waals surface area contributed by atoms with Gasteiger partial charge in [0.25, 0.3) is 0 Å². The number of nitrogens with one attached hydrogen (secondary N) is 2. The lowest BCUT2D eigenvalue weighted by atomic mass is 10.0. The van der Waals surface area contributed by atoms with Gasteiger partial charge >= 0.3 is 6.18 Å². The summed E-state index contributed by atoms with van der Waals surface area (Å²) in [6.45, 7) is 1.85. The number of methoxy groups -OCH3 is 3. The van der Waals surface area contributed by atoms with Crippen LogP contribution in [0.25, 0.3) is 10.9 Å². The van der Waals surface area contributed by atoms with Crippen LogP contribution in [0.1, 0.15) is 17.2 Å². The predicted octanol–water partition coefficient (Wildman–Crippen LogP) is 5.22. The SMILES string of the molecule is COc1cc(N[C@H](c2c[nH]c3c(C)cccc23)C(F)(F)F)cc(OC)c1OC. The molecule has 0 radical (unpaired) electrons. The van der Waals surface area contributed by atoms with Crippen molar-refractivity contribution in [3.63, 3.8) is 0 Å². The van der Waals surface area contributed by atoms with Gasteiger partial charge < -0.3 is 24.5 Å². The van der Waals surface area contributed by atoms with E-state index in [4.69, 9.17) is 14.2 Å². The average molecular weight is 394 g/mol. The second-order valence-electron chi connectivity index (χ2n) is 6.27. The van der Waals surface area contributed by atoms with Crippen LogP contribution in [0, 0.1) is 6.92 Å². The third kappa shape index (κ3) is 3.54. The van der Waals surface area contributed by atoms with Gasteiger partial charge in [0.05, 0.1) is 21.3 Å². The van der Waals surface area contributed by atoms with Crippen LogP contribution in [0.15, 0.2) is 36.5 Å². The molecule has 0 aliphatic rings. The standard InChI is InChI=1S/C20H21F3N2O3/c1-11-6-5-7-13-14(10-24-17(11)13)19(20(21,22)23)25-12-8-15(26-2)18(28-4)16(9-12)27-3/h5-10,19,24-25H,1-4H3/t19-/m1/s1. The molecule has 0 aliphatic carbocycles. The first kappa shape index (κ1) is 19.7. The first-order valence-corrected chi connectivity index (χ1v) is 8.50. The summed E-state index contributed by atoms with van der Waals surface area (Å²) < 4.78 is 57.5. The molecule has 8 heteroatoms. The number of aromatic nitrogens is 1. The van der Waals surface area contributed by atoms with Crippen molar-refractivity contribution in [2.45, 2.75) is 19.1 Å². The first-order valence-electron chi connectivity index (χ1n) is 8.50. The number of H-pyrrole nitrogens is 1. The molecule has 0 fully saturated rings. The molecular formula is C20H21F3N2O3. The molecule has 3 aromatic rings. The van der Waals surface area contributed by atoms with Crippen molar-refractivity contribution in [1.29, 1.82) is 0 Å². The number of halogens is 3. The fraction of sp³-hybridized carbons (Fsp3) is 0.300. The van der Waals surface area contributed by atoms with Crippen LogP contribution in [0.5, 0.6) is 17.2 Å². The van der Waals surface area contributed by atoms with Crippen LogP contribution in [-0.4, -0.2) is 32.5 Å². The molecule has 0 aliphatic heterocycles. The van der Waals surface area contributed by atoms with Crippen molar-refractivity contribution in [3.8, 4) is 17.2 Å². The number of ether oxygens (including phenoxy) is 3. The van der Waals surface area contributed by atoms with E-state index in [0.29, 0.717) is 16.7 Å². The van der Waals surface area contributed by atoms with Crippen LogP contribution in [0.4, 0.5) is 18.9 Å². The van der Waals surface area contributed by atoms with E-state index >= 15 is 0 Å². The van der Waals surface area contributed by atoms with E-state index in [1.54, 1.807) is 12.1 Å². The summed E-state index contributed by atoms with van der Waals surface area (Å²) in [4.78, 5) is 2.95. The van der Waals surface area contributed by atoms with Crippen LogP contribution < -0.4 is 19.5 Å². The summed E-state index contributed by atoms with van der Waals surface area (Å²) in [5.41, 5.74) is 1.86. The molecule has 2 aromatic carbocycles. The van der Waals surface area contributed by atoms with E-state index in [1.165, 1.54) is 39.7 Å². The molecule has 0 unspecified atom stereocenters. The lowest BCUT2D eigenvalue weighted by Crippen LogP contribution is -2.27. The number of aryl methyl sites for hydroxylation is 1. The minimum atomic E-state index is -4.53.